The quantitative estimate of drug-likeness (QED) is 0.300. The van der Waals surface area contributed by atoms with Gasteiger partial charge in [-0.05, 0) is 168 Å². The van der Waals surface area contributed by atoms with Crippen LogP contribution in [-0.4, -0.2) is 39.2 Å². The molecular weight excluding hydrogens is 508 g/mol. The van der Waals surface area contributed by atoms with E-state index in [9.17, 15) is 5.11 Å². The van der Waals surface area contributed by atoms with Crippen LogP contribution in [0.3, 0.4) is 0 Å². The van der Waals surface area contributed by atoms with E-state index < -0.39 is 0 Å². The monoisotopic (exact) mass is 568 g/mol. The van der Waals surface area contributed by atoms with Crippen molar-refractivity contribution in [1.82, 2.24) is 10.6 Å². The molecule has 0 aromatic rings. The van der Waals surface area contributed by atoms with E-state index in [1.54, 1.807) is 0 Å². The van der Waals surface area contributed by atoms with Crippen LogP contribution in [0.25, 0.3) is 0 Å². The van der Waals surface area contributed by atoms with Gasteiger partial charge in [-0.2, -0.15) is 0 Å². The van der Waals surface area contributed by atoms with E-state index >= 15 is 0 Å². The fourth-order valence-electron chi connectivity index (χ4n) is 9.13. The fourth-order valence-corrected chi connectivity index (χ4v) is 9.77. The predicted molar refractivity (Wildman–Crippen MR) is 160 cm³/mol. The van der Waals surface area contributed by atoms with Crippen LogP contribution in [0.15, 0.2) is 0 Å². The number of rotatable bonds is 4. The third kappa shape index (κ3) is 9.23. The maximum atomic E-state index is 9.24. The zero-order valence-corrected chi connectivity index (χ0v) is 26.8. The summed E-state index contributed by atoms with van der Waals surface area (Å²) in [5, 5.41) is 18.0. The van der Waals surface area contributed by atoms with Crippen molar-refractivity contribution in [3.05, 3.63) is 0 Å². The second-order valence-corrected chi connectivity index (χ2v) is 16.7. The molecule has 0 spiro atoms. The Morgan fingerprint density at radius 1 is 0.528 bits per heavy atom. The summed E-state index contributed by atoms with van der Waals surface area (Å²) in [6.45, 7) is 19.3. The van der Waals surface area contributed by atoms with Crippen molar-refractivity contribution in [1.29, 1.82) is 0 Å². The molecule has 2 saturated heterocycles. The van der Waals surface area contributed by atoms with Gasteiger partial charge in [-0.3, -0.25) is 0 Å². The lowest BCUT2D eigenvalue weighted by Crippen LogP contribution is -2.58. The molecule has 4 fully saturated rings. The highest BCUT2D eigenvalue weighted by Gasteiger charge is 2.42. The topological polar surface area (TPSA) is 44.3 Å². The molecule has 2 aliphatic heterocycles. The first-order chi connectivity index (χ1) is 16.6. The zero-order valence-electron chi connectivity index (χ0n) is 25.2. The van der Waals surface area contributed by atoms with Gasteiger partial charge in [0.15, 0.2) is 0 Å². The van der Waals surface area contributed by atoms with Gasteiger partial charge >= 0.3 is 0 Å². The number of piperidine rings is 2. The third-order valence-corrected chi connectivity index (χ3v) is 11.0. The number of aliphatic hydroxyl groups excluding tert-OH is 1. The van der Waals surface area contributed by atoms with Gasteiger partial charge in [-0.15, -0.1) is 0 Å². The van der Waals surface area contributed by atoms with Gasteiger partial charge in [0.2, 0.25) is 0 Å². The van der Waals surface area contributed by atoms with Crippen molar-refractivity contribution >= 4 is 15.9 Å². The van der Waals surface area contributed by atoms with Gasteiger partial charge < -0.3 is 15.7 Å². The minimum absolute atomic E-state index is 0.278. The summed E-state index contributed by atoms with van der Waals surface area (Å²) in [6, 6.07) is 0. The number of nitrogens with one attached hydrogen (secondary N) is 2. The van der Waals surface area contributed by atoms with Gasteiger partial charge in [0, 0.05) is 34.1 Å². The number of halogens is 1. The van der Waals surface area contributed by atoms with E-state index in [4.69, 9.17) is 0 Å². The Morgan fingerprint density at radius 3 is 1.11 bits per heavy atom. The highest BCUT2D eigenvalue weighted by Crippen LogP contribution is 2.44. The van der Waals surface area contributed by atoms with Crippen LogP contribution in [0, 0.1) is 35.5 Å². The van der Waals surface area contributed by atoms with Crippen molar-refractivity contribution in [2.24, 2.45) is 35.5 Å². The third-order valence-electron chi connectivity index (χ3n) is 10.0. The van der Waals surface area contributed by atoms with Crippen molar-refractivity contribution in [2.75, 3.05) is 11.9 Å². The highest BCUT2D eigenvalue weighted by molar-refractivity contribution is 9.09. The Kier molecular flexibility index (Phi) is 10.5. The lowest BCUT2D eigenvalue weighted by atomic mass is 9.66. The number of hydrogen-bond donors (Lipinski definition) is 3. The number of aliphatic hydroxyl groups is 1. The Morgan fingerprint density at radius 2 is 0.833 bits per heavy atom. The van der Waals surface area contributed by atoms with Crippen LogP contribution in [0.4, 0.5) is 0 Å². The van der Waals surface area contributed by atoms with Crippen molar-refractivity contribution < 1.29 is 5.11 Å². The van der Waals surface area contributed by atoms with Crippen molar-refractivity contribution in [3.8, 4) is 0 Å². The first-order valence-corrected chi connectivity index (χ1v) is 16.5. The number of alkyl halides is 1. The van der Waals surface area contributed by atoms with Gasteiger partial charge in [-0.25, -0.2) is 0 Å². The van der Waals surface area contributed by atoms with E-state index in [1.807, 2.05) is 0 Å². The van der Waals surface area contributed by atoms with Crippen LogP contribution in [0.1, 0.15) is 132 Å². The maximum Gasteiger partial charge on any atom is 0.0459 e. The Bertz CT molecular complexity index is 582. The normalized spacial score (nSPS) is 36.5. The number of hydrogen-bond acceptors (Lipinski definition) is 3. The SMILES string of the molecule is CC1(C)CC(C2CCC(CBr)CC2)CC(C)(C)N1.CC1(C)CC(C2CCC(CO)CC2)CC(C)(C)N1. The van der Waals surface area contributed by atoms with Crippen LogP contribution in [0.5, 0.6) is 0 Å². The van der Waals surface area contributed by atoms with Crippen LogP contribution in [0.2, 0.25) is 0 Å². The lowest BCUT2D eigenvalue weighted by molar-refractivity contribution is 0.0626. The fraction of sp³-hybridized carbons (Fsp3) is 1.00. The average Bonchev–Trinajstić information content (AvgIpc) is 2.75. The molecule has 0 aromatic carbocycles. The molecule has 3 nitrogen and oxygen atoms in total. The Labute approximate surface area is 233 Å². The van der Waals surface area contributed by atoms with E-state index in [1.165, 1.54) is 82.4 Å². The van der Waals surface area contributed by atoms with Gasteiger partial charge in [-0.1, -0.05) is 15.9 Å². The molecule has 0 bridgehead atoms. The summed E-state index contributed by atoms with van der Waals surface area (Å²) >= 11 is 3.65. The summed E-state index contributed by atoms with van der Waals surface area (Å²) in [6.07, 6.45) is 16.3. The highest BCUT2D eigenvalue weighted by atomic mass is 79.9. The van der Waals surface area contributed by atoms with Crippen molar-refractivity contribution in [3.63, 3.8) is 0 Å². The van der Waals surface area contributed by atoms with E-state index in [-0.39, 0.29) is 11.1 Å². The molecule has 0 atom stereocenters. The molecule has 2 saturated carbocycles. The Balaban J connectivity index is 0.000000201. The molecule has 3 N–H and O–H groups in total. The smallest absolute Gasteiger partial charge is 0.0459 e. The largest absolute Gasteiger partial charge is 0.396 e. The summed E-state index contributed by atoms with van der Waals surface area (Å²) in [5.41, 5.74) is 1.19. The summed E-state index contributed by atoms with van der Waals surface area (Å²) in [7, 11) is 0. The van der Waals surface area contributed by atoms with Crippen LogP contribution >= 0.6 is 15.9 Å². The lowest BCUT2D eigenvalue weighted by Gasteiger charge is -2.49. The maximum absolute atomic E-state index is 9.24. The van der Waals surface area contributed by atoms with Crippen LogP contribution in [-0.2, 0) is 0 Å². The first kappa shape index (κ1) is 30.9. The first-order valence-electron chi connectivity index (χ1n) is 15.4. The average molecular weight is 570 g/mol. The Hall–Kier alpha value is 0.360. The molecule has 0 unspecified atom stereocenters. The standard InChI is InChI=1S/C16H30BrN.C16H31NO/c1-15(2)9-14(10-16(3,4)18-15)13-7-5-12(11-17)6-8-13;1-15(2)9-14(10-16(3,4)17-15)13-7-5-12(11-18)6-8-13/h12-14,18H,5-11H2,1-4H3;12-14,17-18H,5-11H2,1-4H3. The molecule has 2 heterocycles. The second-order valence-electron chi connectivity index (χ2n) is 16.0. The minimum atomic E-state index is 0.278. The van der Waals surface area contributed by atoms with Crippen LogP contribution < -0.4 is 10.6 Å². The van der Waals surface area contributed by atoms with Gasteiger partial charge in [0.25, 0.3) is 0 Å². The van der Waals surface area contributed by atoms with E-state index in [2.05, 4.69) is 82.0 Å². The summed E-state index contributed by atoms with van der Waals surface area (Å²) in [5.74, 6) is 5.23. The molecule has 2 aliphatic carbocycles. The van der Waals surface area contributed by atoms with E-state index in [0.29, 0.717) is 23.6 Å². The van der Waals surface area contributed by atoms with Gasteiger partial charge in [0.05, 0.1) is 0 Å². The zero-order chi connectivity index (χ0) is 26.8. The molecule has 4 heteroatoms. The molecule has 36 heavy (non-hydrogen) atoms. The predicted octanol–water partition coefficient (Wildman–Crippen LogP) is 8.09. The minimum Gasteiger partial charge on any atom is -0.396 e. The second kappa shape index (κ2) is 12.3. The molecule has 0 aromatic heterocycles. The van der Waals surface area contributed by atoms with E-state index in [0.717, 1.165) is 29.6 Å². The summed E-state index contributed by atoms with van der Waals surface area (Å²) in [4.78, 5) is 0. The molecule has 4 aliphatic rings. The molecule has 4 rings (SSSR count). The molecule has 212 valence electrons. The molecule has 0 radical (unpaired) electrons. The van der Waals surface area contributed by atoms with Crippen molar-refractivity contribution in [2.45, 2.75) is 155 Å². The summed E-state index contributed by atoms with van der Waals surface area (Å²) < 4.78 is 0. The molecular formula is C32H61BrN2O. The molecule has 0 amide bonds. The van der Waals surface area contributed by atoms with Gasteiger partial charge in [0.1, 0.15) is 0 Å².